The lowest BCUT2D eigenvalue weighted by atomic mass is 9.68. The highest BCUT2D eigenvalue weighted by Gasteiger charge is 2.84. The van der Waals surface area contributed by atoms with Gasteiger partial charge in [-0.15, -0.1) is 0 Å². The number of ether oxygens (including phenoxy) is 3. The molecule has 0 amide bonds. The number of fused-ring (bicyclic) bond motifs is 1. The normalized spacial score (nSPS) is 36.2. The molecule has 0 bridgehead atoms. The van der Waals surface area contributed by atoms with Crippen molar-refractivity contribution < 1.29 is 29.2 Å². The van der Waals surface area contributed by atoms with Gasteiger partial charge in [0.15, 0.2) is 6.10 Å². The number of carbonyl (C=O) groups excluding carboxylic acids is 1. The fourth-order valence-corrected chi connectivity index (χ4v) is 5.46. The van der Waals surface area contributed by atoms with Gasteiger partial charge in [0.05, 0.1) is 12.7 Å². The first-order valence-electron chi connectivity index (χ1n) is 10.8. The Morgan fingerprint density at radius 2 is 2.00 bits per heavy atom. The van der Waals surface area contributed by atoms with Crippen LogP contribution in [0.2, 0.25) is 0 Å². The van der Waals surface area contributed by atoms with Gasteiger partial charge < -0.3 is 34.3 Å². The Morgan fingerprint density at radius 1 is 1.26 bits per heavy atom. The summed E-state index contributed by atoms with van der Waals surface area (Å²) in [5.41, 5.74) is 0.270. The van der Waals surface area contributed by atoms with Gasteiger partial charge in [-0.1, -0.05) is 32.0 Å². The number of benzene rings is 1. The van der Waals surface area contributed by atoms with Crippen LogP contribution in [0, 0.1) is 5.41 Å². The SMILES string of the molecule is CN(C)CCc1c(C[C@@H]2O[C@]34OC[C@H](O)[C@H]3OC(=O)[C@]4(O)C2(C)C)[nH]c2ccccc12. The standard InChI is InChI=1S/C23H30N2O6/c1-21(2)18(31-23-19(17(26)12-29-23)30-20(27)22(21,23)28)11-16-14(9-10-25(3)4)13-7-5-6-8-15(13)24-16/h5-8,17-19,24,26,28H,9-12H2,1-4H3/t17-,18-,19+,22-,23+/m0/s1. The zero-order valence-corrected chi connectivity index (χ0v) is 18.3. The number of H-pyrrole nitrogens is 1. The third-order valence-corrected chi connectivity index (χ3v) is 7.38. The Bertz CT molecular complexity index is 1030. The first kappa shape index (κ1) is 20.9. The molecule has 0 saturated carbocycles. The molecule has 0 radical (unpaired) electrons. The fraction of sp³-hybridized carbons (Fsp3) is 0.609. The highest BCUT2D eigenvalue weighted by Crippen LogP contribution is 2.61. The van der Waals surface area contributed by atoms with Gasteiger partial charge in [-0.05, 0) is 32.1 Å². The van der Waals surface area contributed by atoms with Crippen molar-refractivity contribution >= 4 is 16.9 Å². The van der Waals surface area contributed by atoms with Gasteiger partial charge in [0.1, 0.15) is 6.10 Å². The smallest absolute Gasteiger partial charge is 0.345 e. The van der Waals surface area contributed by atoms with E-state index in [1.807, 2.05) is 32.3 Å². The minimum absolute atomic E-state index is 0.0521. The Hall–Kier alpha value is -1.97. The molecule has 31 heavy (non-hydrogen) atoms. The first-order valence-corrected chi connectivity index (χ1v) is 10.8. The fourth-order valence-electron chi connectivity index (χ4n) is 5.46. The molecule has 1 aromatic carbocycles. The average molecular weight is 431 g/mol. The highest BCUT2D eigenvalue weighted by atomic mass is 16.8. The topological polar surface area (TPSA) is 104 Å². The van der Waals surface area contributed by atoms with Crippen LogP contribution in [0.5, 0.6) is 0 Å². The van der Waals surface area contributed by atoms with Crippen LogP contribution in [-0.2, 0) is 31.8 Å². The van der Waals surface area contributed by atoms with Crippen molar-refractivity contribution in [3.63, 3.8) is 0 Å². The Kier molecular flexibility index (Phi) is 4.56. The van der Waals surface area contributed by atoms with Crippen LogP contribution in [0.4, 0.5) is 0 Å². The molecule has 8 heteroatoms. The lowest BCUT2D eigenvalue weighted by Crippen LogP contribution is -2.60. The van der Waals surface area contributed by atoms with E-state index >= 15 is 0 Å². The van der Waals surface area contributed by atoms with Crippen LogP contribution in [0.1, 0.15) is 25.1 Å². The Morgan fingerprint density at radius 3 is 2.74 bits per heavy atom. The second-order valence-corrected chi connectivity index (χ2v) is 9.80. The van der Waals surface area contributed by atoms with Crippen molar-refractivity contribution in [2.24, 2.45) is 5.41 Å². The number of likely N-dealkylation sites (N-methyl/N-ethyl adjacent to an activating group) is 1. The van der Waals surface area contributed by atoms with E-state index in [4.69, 9.17) is 14.2 Å². The van der Waals surface area contributed by atoms with Gasteiger partial charge in [-0.2, -0.15) is 0 Å². The number of esters is 1. The highest BCUT2D eigenvalue weighted by molar-refractivity contribution is 5.86. The van der Waals surface area contributed by atoms with Gasteiger partial charge in [0, 0.05) is 35.0 Å². The minimum Gasteiger partial charge on any atom is -0.451 e. The quantitative estimate of drug-likeness (QED) is 0.608. The molecule has 3 N–H and O–H groups in total. The van der Waals surface area contributed by atoms with Crippen LogP contribution in [0.15, 0.2) is 24.3 Å². The lowest BCUT2D eigenvalue weighted by molar-refractivity contribution is -0.260. The van der Waals surface area contributed by atoms with Crippen molar-refractivity contribution in [1.82, 2.24) is 9.88 Å². The van der Waals surface area contributed by atoms with E-state index in [1.54, 1.807) is 13.8 Å². The zero-order valence-electron chi connectivity index (χ0n) is 18.3. The molecule has 8 nitrogen and oxygen atoms in total. The van der Waals surface area contributed by atoms with Gasteiger partial charge in [0.25, 0.3) is 5.79 Å². The van der Waals surface area contributed by atoms with Crippen LogP contribution >= 0.6 is 0 Å². The maximum atomic E-state index is 12.8. The molecular formula is C23H30N2O6. The van der Waals surface area contributed by atoms with E-state index < -0.39 is 41.1 Å². The minimum atomic E-state index is -2.00. The number of aliphatic hydroxyl groups excluding tert-OH is 1. The van der Waals surface area contributed by atoms with E-state index in [0.717, 1.165) is 29.6 Å². The third kappa shape index (κ3) is 2.63. The summed E-state index contributed by atoms with van der Waals surface area (Å²) < 4.78 is 17.4. The van der Waals surface area contributed by atoms with E-state index in [-0.39, 0.29) is 6.61 Å². The van der Waals surface area contributed by atoms with Gasteiger partial charge in [-0.25, -0.2) is 4.79 Å². The lowest BCUT2D eigenvalue weighted by Gasteiger charge is -2.35. The summed E-state index contributed by atoms with van der Waals surface area (Å²) in [5, 5.41) is 23.0. The second kappa shape index (κ2) is 6.76. The summed E-state index contributed by atoms with van der Waals surface area (Å²) in [6.45, 7) is 4.43. The Labute approximate surface area is 181 Å². The number of aliphatic hydroxyl groups is 2. The molecule has 1 spiro atoms. The molecule has 5 atom stereocenters. The predicted octanol–water partition coefficient (Wildman–Crippen LogP) is 0.983. The van der Waals surface area contributed by atoms with E-state index in [9.17, 15) is 15.0 Å². The van der Waals surface area contributed by atoms with Gasteiger partial charge in [0.2, 0.25) is 5.60 Å². The molecule has 0 aliphatic carbocycles. The van der Waals surface area contributed by atoms with Crippen LogP contribution in [0.25, 0.3) is 10.9 Å². The van der Waals surface area contributed by atoms with Crippen molar-refractivity contribution in [2.75, 3.05) is 27.2 Å². The summed E-state index contributed by atoms with van der Waals surface area (Å²) in [7, 11) is 4.09. The molecule has 168 valence electrons. The van der Waals surface area contributed by atoms with Gasteiger partial charge in [-0.3, -0.25) is 0 Å². The number of aromatic nitrogens is 1. The summed E-state index contributed by atoms with van der Waals surface area (Å²) in [5.74, 6) is -2.48. The first-order chi connectivity index (χ1) is 14.6. The number of hydrogen-bond acceptors (Lipinski definition) is 7. The number of nitrogens with zero attached hydrogens (tertiary/aromatic N) is 1. The van der Waals surface area contributed by atoms with Crippen molar-refractivity contribution in [3.05, 3.63) is 35.5 Å². The third-order valence-electron chi connectivity index (χ3n) is 7.38. The van der Waals surface area contributed by atoms with Crippen LogP contribution < -0.4 is 0 Å². The molecule has 3 aliphatic heterocycles. The predicted molar refractivity (Wildman–Crippen MR) is 112 cm³/mol. The summed E-state index contributed by atoms with van der Waals surface area (Å²) in [4.78, 5) is 18.4. The molecule has 3 saturated heterocycles. The summed E-state index contributed by atoms with van der Waals surface area (Å²) >= 11 is 0. The second-order valence-electron chi connectivity index (χ2n) is 9.80. The van der Waals surface area contributed by atoms with Crippen LogP contribution in [-0.4, -0.2) is 83.0 Å². The molecule has 5 rings (SSSR count). The van der Waals surface area contributed by atoms with Crippen molar-refractivity contribution in [1.29, 1.82) is 0 Å². The number of hydrogen-bond donors (Lipinski definition) is 3. The average Bonchev–Trinajstić information content (AvgIpc) is 3.34. The number of rotatable bonds is 5. The van der Waals surface area contributed by atoms with E-state index in [2.05, 4.69) is 16.0 Å². The van der Waals surface area contributed by atoms with Crippen molar-refractivity contribution in [3.8, 4) is 0 Å². The molecule has 3 fully saturated rings. The number of aromatic amines is 1. The molecular weight excluding hydrogens is 400 g/mol. The maximum Gasteiger partial charge on any atom is 0.345 e. The van der Waals surface area contributed by atoms with E-state index in [1.165, 1.54) is 5.56 Å². The number of nitrogens with one attached hydrogen (secondary N) is 1. The number of carbonyl (C=O) groups is 1. The largest absolute Gasteiger partial charge is 0.451 e. The summed E-state index contributed by atoms with van der Waals surface area (Å²) in [6.07, 6.45) is -1.27. The zero-order chi connectivity index (χ0) is 22.2. The molecule has 3 aliphatic rings. The monoisotopic (exact) mass is 430 g/mol. The Balaban J connectivity index is 1.54. The molecule has 2 aromatic rings. The molecule has 0 unspecified atom stereocenters. The van der Waals surface area contributed by atoms with Crippen LogP contribution in [0.3, 0.4) is 0 Å². The van der Waals surface area contributed by atoms with E-state index in [0.29, 0.717) is 6.42 Å². The molecule has 4 heterocycles. The maximum absolute atomic E-state index is 12.8. The summed E-state index contributed by atoms with van der Waals surface area (Å²) in [6, 6.07) is 8.17. The molecule has 1 aromatic heterocycles. The number of para-hydroxylation sites is 1. The van der Waals surface area contributed by atoms with Crippen molar-refractivity contribution in [2.45, 2.75) is 56.4 Å². The van der Waals surface area contributed by atoms with Gasteiger partial charge >= 0.3 is 5.97 Å².